The summed E-state index contributed by atoms with van der Waals surface area (Å²) in [6, 6.07) is 6.64. The zero-order valence-electron chi connectivity index (χ0n) is 10.5. The molecule has 1 aromatic heterocycles. The number of hydrogen-bond donors (Lipinski definition) is 1. The largest absolute Gasteiger partial charge is 0.324 e. The molecule has 4 nitrogen and oxygen atoms in total. The van der Waals surface area contributed by atoms with Crippen LogP contribution in [0.25, 0.3) is 0 Å². The zero-order valence-corrected chi connectivity index (χ0v) is 12.8. The Labute approximate surface area is 130 Å². The third-order valence-electron chi connectivity index (χ3n) is 2.38. The van der Waals surface area contributed by atoms with Crippen molar-refractivity contribution in [1.82, 2.24) is 9.97 Å². The minimum absolute atomic E-state index is 0.174. The van der Waals surface area contributed by atoms with Crippen LogP contribution < -0.4 is 5.32 Å². The summed E-state index contributed by atoms with van der Waals surface area (Å²) in [6.07, 6.45) is 3.27. The number of thioether (sulfide) groups is 1. The molecule has 2 aromatic rings. The van der Waals surface area contributed by atoms with Gasteiger partial charge in [0.15, 0.2) is 5.16 Å². The standard InChI is InChI=1S/C13H11Cl2N3OS/c1-8(20-13-16-5-2-6-17-13)12(19)18-11-4-3-9(14)7-10(11)15/h2-8H,1H3,(H,18,19)/t8-/m1/s1. The van der Waals surface area contributed by atoms with Gasteiger partial charge in [0, 0.05) is 17.4 Å². The van der Waals surface area contributed by atoms with Crippen molar-refractivity contribution in [2.75, 3.05) is 5.32 Å². The summed E-state index contributed by atoms with van der Waals surface area (Å²) in [5, 5.41) is 3.88. The van der Waals surface area contributed by atoms with Crippen LogP contribution in [-0.4, -0.2) is 21.1 Å². The Morgan fingerprint density at radius 1 is 1.30 bits per heavy atom. The quantitative estimate of drug-likeness (QED) is 0.683. The van der Waals surface area contributed by atoms with Crippen LogP contribution >= 0.6 is 35.0 Å². The van der Waals surface area contributed by atoms with E-state index < -0.39 is 0 Å². The Morgan fingerprint density at radius 2 is 2.00 bits per heavy atom. The summed E-state index contributed by atoms with van der Waals surface area (Å²) in [5.74, 6) is -0.174. The lowest BCUT2D eigenvalue weighted by molar-refractivity contribution is -0.115. The van der Waals surface area contributed by atoms with Gasteiger partial charge in [0.1, 0.15) is 0 Å². The fourth-order valence-electron chi connectivity index (χ4n) is 1.38. The summed E-state index contributed by atoms with van der Waals surface area (Å²) < 4.78 is 0. The number of benzene rings is 1. The van der Waals surface area contributed by atoms with E-state index >= 15 is 0 Å². The normalized spacial score (nSPS) is 11.9. The van der Waals surface area contributed by atoms with Gasteiger partial charge in [-0.3, -0.25) is 4.79 Å². The number of carbonyl (C=O) groups excluding carboxylic acids is 1. The van der Waals surface area contributed by atoms with Gasteiger partial charge in [-0.15, -0.1) is 0 Å². The highest BCUT2D eigenvalue weighted by molar-refractivity contribution is 8.00. The molecule has 0 radical (unpaired) electrons. The van der Waals surface area contributed by atoms with E-state index in [1.54, 1.807) is 43.6 Å². The van der Waals surface area contributed by atoms with Gasteiger partial charge in [-0.1, -0.05) is 35.0 Å². The summed E-state index contributed by atoms with van der Waals surface area (Å²) in [6.45, 7) is 1.78. The van der Waals surface area contributed by atoms with E-state index in [-0.39, 0.29) is 11.2 Å². The van der Waals surface area contributed by atoms with Crippen LogP contribution in [0.4, 0.5) is 5.69 Å². The second-order valence-corrected chi connectivity index (χ2v) is 6.06. The maximum Gasteiger partial charge on any atom is 0.237 e. The SMILES string of the molecule is C[C@@H](Sc1ncccn1)C(=O)Nc1ccc(Cl)cc1Cl. The molecule has 1 atom stereocenters. The molecule has 1 aromatic carbocycles. The number of rotatable bonds is 4. The summed E-state index contributed by atoms with van der Waals surface area (Å²) >= 11 is 13.1. The first-order chi connectivity index (χ1) is 9.56. The molecular weight excluding hydrogens is 317 g/mol. The highest BCUT2D eigenvalue weighted by Gasteiger charge is 2.16. The smallest absolute Gasteiger partial charge is 0.237 e. The molecule has 0 saturated heterocycles. The third kappa shape index (κ3) is 4.10. The second kappa shape index (κ2) is 6.92. The van der Waals surface area contributed by atoms with Crippen molar-refractivity contribution in [3.63, 3.8) is 0 Å². The molecule has 1 amide bonds. The fourth-order valence-corrected chi connectivity index (χ4v) is 2.56. The van der Waals surface area contributed by atoms with Gasteiger partial charge < -0.3 is 5.32 Å². The average molecular weight is 328 g/mol. The van der Waals surface area contributed by atoms with E-state index in [0.29, 0.717) is 20.9 Å². The van der Waals surface area contributed by atoms with Crippen LogP contribution in [0.1, 0.15) is 6.92 Å². The second-order valence-electron chi connectivity index (χ2n) is 3.90. The molecule has 0 bridgehead atoms. The molecule has 20 heavy (non-hydrogen) atoms. The van der Waals surface area contributed by atoms with Crippen LogP contribution in [0.5, 0.6) is 0 Å². The summed E-state index contributed by atoms with van der Waals surface area (Å²) in [4.78, 5) is 20.2. The van der Waals surface area contributed by atoms with Crippen LogP contribution in [0.3, 0.4) is 0 Å². The number of carbonyl (C=O) groups is 1. The number of hydrogen-bond acceptors (Lipinski definition) is 4. The van der Waals surface area contributed by atoms with Crippen LogP contribution in [0, 0.1) is 0 Å². The van der Waals surface area contributed by atoms with Crippen LogP contribution in [-0.2, 0) is 4.79 Å². The van der Waals surface area contributed by atoms with Crippen molar-refractivity contribution < 1.29 is 4.79 Å². The maximum absolute atomic E-state index is 12.1. The predicted molar refractivity (Wildman–Crippen MR) is 82.4 cm³/mol. The van der Waals surface area contributed by atoms with E-state index in [0.717, 1.165) is 0 Å². The minimum Gasteiger partial charge on any atom is -0.324 e. The van der Waals surface area contributed by atoms with E-state index in [1.165, 1.54) is 11.8 Å². The van der Waals surface area contributed by atoms with E-state index in [1.807, 2.05) is 0 Å². The van der Waals surface area contributed by atoms with Crippen molar-refractivity contribution in [3.05, 3.63) is 46.7 Å². The molecule has 1 N–H and O–H groups in total. The number of anilines is 1. The Morgan fingerprint density at radius 3 is 2.65 bits per heavy atom. The molecule has 0 aliphatic heterocycles. The minimum atomic E-state index is -0.343. The number of amides is 1. The maximum atomic E-state index is 12.1. The number of aromatic nitrogens is 2. The number of nitrogens with zero attached hydrogens (tertiary/aromatic N) is 2. The Balaban J connectivity index is 2.01. The zero-order chi connectivity index (χ0) is 14.5. The van der Waals surface area contributed by atoms with Crippen molar-refractivity contribution in [2.45, 2.75) is 17.3 Å². The van der Waals surface area contributed by atoms with Crippen LogP contribution in [0.2, 0.25) is 10.0 Å². The first-order valence-corrected chi connectivity index (χ1v) is 7.39. The predicted octanol–water partition coefficient (Wildman–Crippen LogP) is 3.90. The molecule has 1 heterocycles. The summed E-state index contributed by atoms with van der Waals surface area (Å²) in [7, 11) is 0. The van der Waals surface area contributed by atoms with Crippen molar-refractivity contribution >= 4 is 46.6 Å². The molecule has 0 fully saturated rings. The van der Waals surface area contributed by atoms with Crippen molar-refractivity contribution in [1.29, 1.82) is 0 Å². The average Bonchev–Trinajstić information content (AvgIpc) is 2.43. The molecule has 7 heteroatoms. The van der Waals surface area contributed by atoms with E-state index in [2.05, 4.69) is 15.3 Å². The lowest BCUT2D eigenvalue weighted by Gasteiger charge is -2.12. The molecule has 0 unspecified atom stereocenters. The fraction of sp³-hybridized carbons (Fsp3) is 0.154. The summed E-state index contributed by atoms with van der Waals surface area (Å²) in [5.41, 5.74) is 0.530. The Hall–Kier alpha value is -1.30. The number of nitrogens with one attached hydrogen (secondary N) is 1. The number of halogens is 2. The van der Waals surface area contributed by atoms with E-state index in [4.69, 9.17) is 23.2 Å². The molecule has 0 saturated carbocycles. The highest BCUT2D eigenvalue weighted by atomic mass is 35.5. The lowest BCUT2D eigenvalue weighted by atomic mass is 10.3. The van der Waals surface area contributed by atoms with Gasteiger partial charge in [-0.25, -0.2) is 9.97 Å². The van der Waals surface area contributed by atoms with Gasteiger partial charge in [0.2, 0.25) is 5.91 Å². The van der Waals surface area contributed by atoms with Crippen molar-refractivity contribution in [2.24, 2.45) is 0 Å². The van der Waals surface area contributed by atoms with Crippen LogP contribution in [0.15, 0.2) is 41.8 Å². The topological polar surface area (TPSA) is 54.9 Å². The van der Waals surface area contributed by atoms with Gasteiger partial charge in [-0.2, -0.15) is 0 Å². The molecule has 0 aliphatic rings. The monoisotopic (exact) mass is 327 g/mol. The molecular formula is C13H11Cl2N3OS. The highest BCUT2D eigenvalue weighted by Crippen LogP contribution is 2.27. The third-order valence-corrected chi connectivity index (χ3v) is 3.92. The first-order valence-electron chi connectivity index (χ1n) is 5.76. The Kier molecular flexibility index (Phi) is 5.23. The Bertz CT molecular complexity index is 610. The van der Waals surface area contributed by atoms with Gasteiger partial charge in [0.25, 0.3) is 0 Å². The molecule has 104 valence electrons. The lowest BCUT2D eigenvalue weighted by Crippen LogP contribution is -2.22. The van der Waals surface area contributed by atoms with Crippen molar-refractivity contribution in [3.8, 4) is 0 Å². The molecule has 0 spiro atoms. The molecule has 2 rings (SSSR count). The first kappa shape index (κ1) is 15.1. The van der Waals surface area contributed by atoms with Gasteiger partial charge >= 0.3 is 0 Å². The molecule has 0 aliphatic carbocycles. The van der Waals surface area contributed by atoms with Gasteiger partial charge in [-0.05, 0) is 31.2 Å². The van der Waals surface area contributed by atoms with E-state index in [9.17, 15) is 4.79 Å². The van der Waals surface area contributed by atoms with Gasteiger partial charge in [0.05, 0.1) is 16.0 Å².